The Morgan fingerprint density at radius 2 is 2.13 bits per heavy atom. The van der Waals surface area contributed by atoms with Crippen LogP contribution >= 0.6 is 35.3 Å². The van der Waals surface area contributed by atoms with Crippen LogP contribution in [-0.4, -0.2) is 72.2 Å². The van der Waals surface area contributed by atoms with E-state index in [1.807, 2.05) is 6.20 Å². The van der Waals surface area contributed by atoms with Crippen LogP contribution in [0.2, 0.25) is 0 Å². The van der Waals surface area contributed by atoms with Crippen LogP contribution in [0, 0.1) is 6.92 Å². The molecule has 0 bridgehead atoms. The van der Waals surface area contributed by atoms with Crippen molar-refractivity contribution in [3.63, 3.8) is 0 Å². The molecule has 2 saturated heterocycles. The molecule has 2 aliphatic rings. The second-order valence-corrected chi connectivity index (χ2v) is 9.01. The third-order valence-electron chi connectivity index (χ3n) is 5.54. The van der Waals surface area contributed by atoms with E-state index in [0.29, 0.717) is 6.04 Å². The highest BCUT2D eigenvalue weighted by Crippen LogP contribution is 2.24. The molecule has 0 aliphatic carbocycles. The molecular weight excluding hydrogens is 509 g/mol. The van der Waals surface area contributed by atoms with Crippen LogP contribution in [0.1, 0.15) is 22.4 Å². The number of morpholine rings is 1. The summed E-state index contributed by atoms with van der Waals surface area (Å²) in [6, 6.07) is 11.2. The molecule has 3 heterocycles. The molecule has 8 heteroatoms. The molecule has 0 saturated carbocycles. The number of halogens is 1. The van der Waals surface area contributed by atoms with Crippen LogP contribution in [0.3, 0.4) is 0 Å². The highest BCUT2D eigenvalue weighted by Gasteiger charge is 2.41. The molecule has 4 rings (SSSR count). The SMILES string of the molecule is CCNC(=NCCc1ncc(C)s1)N1CC2OCCN(Cc3ccccc3)C2C1.I. The molecule has 2 aromatic rings. The number of benzene rings is 1. The van der Waals surface area contributed by atoms with E-state index in [2.05, 4.69) is 64.3 Å². The van der Waals surface area contributed by atoms with Gasteiger partial charge in [0.2, 0.25) is 0 Å². The van der Waals surface area contributed by atoms with Crippen molar-refractivity contribution in [2.45, 2.75) is 39.0 Å². The molecule has 1 N–H and O–H groups in total. The molecule has 2 fully saturated rings. The molecule has 0 amide bonds. The van der Waals surface area contributed by atoms with Gasteiger partial charge in [-0.25, -0.2) is 4.98 Å². The highest BCUT2D eigenvalue weighted by atomic mass is 127. The molecule has 164 valence electrons. The van der Waals surface area contributed by atoms with Gasteiger partial charge in [-0.3, -0.25) is 9.89 Å². The number of hydrogen-bond donors (Lipinski definition) is 1. The number of aryl methyl sites for hydroxylation is 1. The number of aromatic nitrogens is 1. The fourth-order valence-corrected chi connectivity index (χ4v) is 4.92. The summed E-state index contributed by atoms with van der Waals surface area (Å²) in [5.41, 5.74) is 1.37. The lowest BCUT2D eigenvalue weighted by molar-refractivity contribution is -0.0502. The summed E-state index contributed by atoms with van der Waals surface area (Å²) in [6.45, 7) is 10.5. The number of fused-ring (bicyclic) bond motifs is 1. The summed E-state index contributed by atoms with van der Waals surface area (Å²) in [6.07, 6.45) is 3.08. The monoisotopic (exact) mass is 541 g/mol. The van der Waals surface area contributed by atoms with E-state index in [1.54, 1.807) is 11.3 Å². The van der Waals surface area contributed by atoms with Gasteiger partial charge >= 0.3 is 0 Å². The Hall–Kier alpha value is -1.23. The van der Waals surface area contributed by atoms with Crippen molar-refractivity contribution < 1.29 is 4.74 Å². The smallest absolute Gasteiger partial charge is 0.194 e. The van der Waals surface area contributed by atoms with Gasteiger partial charge in [-0.2, -0.15) is 0 Å². The maximum absolute atomic E-state index is 6.13. The van der Waals surface area contributed by atoms with E-state index in [0.717, 1.165) is 63.3 Å². The van der Waals surface area contributed by atoms with Gasteiger partial charge in [-0.15, -0.1) is 35.3 Å². The van der Waals surface area contributed by atoms with Crippen LogP contribution in [0.25, 0.3) is 0 Å². The zero-order valence-corrected chi connectivity index (χ0v) is 20.9. The van der Waals surface area contributed by atoms with E-state index < -0.39 is 0 Å². The quantitative estimate of drug-likeness (QED) is 0.346. The molecule has 6 nitrogen and oxygen atoms in total. The first-order valence-corrected chi connectivity index (χ1v) is 11.4. The minimum absolute atomic E-state index is 0. The Kier molecular flexibility index (Phi) is 8.91. The molecule has 0 spiro atoms. The highest BCUT2D eigenvalue weighted by molar-refractivity contribution is 14.0. The van der Waals surface area contributed by atoms with Crippen molar-refractivity contribution in [2.24, 2.45) is 4.99 Å². The summed E-state index contributed by atoms with van der Waals surface area (Å²) in [4.78, 5) is 15.5. The second kappa shape index (κ2) is 11.4. The van der Waals surface area contributed by atoms with Gasteiger partial charge in [0.05, 0.1) is 23.8 Å². The van der Waals surface area contributed by atoms with Crippen molar-refractivity contribution in [2.75, 3.05) is 39.3 Å². The molecule has 2 unspecified atom stereocenters. The number of nitrogens with one attached hydrogen (secondary N) is 1. The standard InChI is InChI=1S/C22H31N5OS.HI/c1-3-23-22(24-10-9-21-25-13-17(2)29-21)27-15-19-20(16-27)28-12-11-26(19)14-18-7-5-4-6-8-18;/h4-8,13,19-20H,3,9-12,14-16H2,1-2H3,(H,23,24);1H. The average molecular weight is 542 g/mol. The molecule has 2 atom stereocenters. The van der Waals surface area contributed by atoms with Crippen LogP contribution in [0.4, 0.5) is 0 Å². The Labute approximate surface area is 200 Å². The first-order chi connectivity index (χ1) is 14.2. The van der Waals surface area contributed by atoms with E-state index in [9.17, 15) is 0 Å². The largest absolute Gasteiger partial charge is 0.373 e. The number of likely N-dealkylation sites (tertiary alicyclic amines) is 1. The normalized spacial score (nSPS) is 21.9. The van der Waals surface area contributed by atoms with Gasteiger partial charge in [0.1, 0.15) is 0 Å². The zero-order valence-electron chi connectivity index (χ0n) is 17.8. The molecular formula is C22H32IN5OS. The maximum Gasteiger partial charge on any atom is 0.194 e. The minimum Gasteiger partial charge on any atom is -0.373 e. The van der Waals surface area contributed by atoms with Crippen LogP contribution in [0.5, 0.6) is 0 Å². The number of nitrogens with zero attached hydrogens (tertiary/aromatic N) is 4. The van der Waals surface area contributed by atoms with Crippen LogP contribution < -0.4 is 5.32 Å². The average Bonchev–Trinajstić information content (AvgIpc) is 3.35. The lowest BCUT2D eigenvalue weighted by atomic mass is 10.1. The Bertz CT molecular complexity index is 815. The fourth-order valence-electron chi connectivity index (χ4n) is 4.15. The van der Waals surface area contributed by atoms with Gasteiger partial charge in [0.15, 0.2) is 5.96 Å². The topological polar surface area (TPSA) is 53.0 Å². The van der Waals surface area contributed by atoms with Gasteiger partial charge < -0.3 is 15.0 Å². The van der Waals surface area contributed by atoms with Crippen molar-refractivity contribution in [3.8, 4) is 0 Å². The lowest BCUT2D eigenvalue weighted by Gasteiger charge is -2.36. The minimum atomic E-state index is 0. The molecule has 0 radical (unpaired) electrons. The number of hydrogen-bond acceptors (Lipinski definition) is 5. The van der Waals surface area contributed by atoms with E-state index in [-0.39, 0.29) is 30.1 Å². The third-order valence-corrected chi connectivity index (χ3v) is 6.51. The van der Waals surface area contributed by atoms with Gasteiger partial charge in [0.25, 0.3) is 0 Å². The summed E-state index contributed by atoms with van der Waals surface area (Å²) < 4.78 is 6.13. The van der Waals surface area contributed by atoms with E-state index in [4.69, 9.17) is 9.73 Å². The fraction of sp³-hybridized carbons (Fsp3) is 0.545. The number of ether oxygens (including phenoxy) is 1. The molecule has 1 aromatic carbocycles. The maximum atomic E-state index is 6.13. The van der Waals surface area contributed by atoms with Crippen LogP contribution in [0.15, 0.2) is 41.5 Å². The van der Waals surface area contributed by atoms with Crippen molar-refractivity contribution >= 4 is 41.3 Å². The molecule has 30 heavy (non-hydrogen) atoms. The summed E-state index contributed by atoms with van der Waals surface area (Å²) in [5, 5.41) is 4.64. The Morgan fingerprint density at radius 3 is 2.87 bits per heavy atom. The van der Waals surface area contributed by atoms with Crippen molar-refractivity contribution in [1.29, 1.82) is 0 Å². The van der Waals surface area contributed by atoms with Crippen molar-refractivity contribution in [3.05, 3.63) is 52.0 Å². The van der Waals surface area contributed by atoms with Crippen LogP contribution in [-0.2, 0) is 17.7 Å². The van der Waals surface area contributed by atoms with Crippen molar-refractivity contribution in [1.82, 2.24) is 20.1 Å². The van der Waals surface area contributed by atoms with E-state index in [1.165, 1.54) is 10.4 Å². The predicted molar refractivity (Wildman–Crippen MR) is 134 cm³/mol. The third kappa shape index (κ3) is 5.93. The van der Waals surface area contributed by atoms with Gasteiger partial charge in [0, 0.05) is 56.8 Å². The molecule has 1 aromatic heterocycles. The van der Waals surface area contributed by atoms with Gasteiger partial charge in [-0.05, 0) is 19.4 Å². The Morgan fingerprint density at radius 1 is 1.30 bits per heavy atom. The second-order valence-electron chi connectivity index (χ2n) is 7.69. The predicted octanol–water partition coefficient (Wildman–Crippen LogP) is 3.16. The zero-order chi connectivity index (χ0) is 20.1. The first-order valence-electron chi connectivity index (χ1n) is 10.6. The summed E-state index contributed by atoms with van der Waals surface area (Å²) in [7, 11) is 0. The first kappa shape index (κ1) is 23.4. The summed E-state index contributed by atoms with van der Waals surface area (Å²) >= 11 is 1.76. The summed E-state index contributed by atoms with van der Waals surface area (Å²) in [5.74, 6) is 0.999. The number of thiazole rings is 1. The molecule has 2 aliphatic heterocycles. The number of rotatable bonds is 6. The number of aliphatic imine (C=N–C) groups is 1. The van der Waals surface area contributed by atoms with E-state index >= 15 is 0 Å². The van der Waals surface area contributed by atoms with Gasteiger partial charge in [-0.1, -0.05) is 30.3 Å². The number of guanidine groups is 1. The lowest BCUT2D eigenvalue weighted by Crippen LogP contribution is -2.50. The Balaban J connectivity index is 0.00000256.